The van der Waals surface area contributed by atoms with Gasteiger partial charge in [0.15, 0.2) is 0 Å². The van der Waals surface area contributed by atoms with E-state index in [0.717, 1.165) is 16.8 Å². The van der Waals surface area contributed by atoms with Gasteiger partial charge in [0.25, 0.3) is 0 Å². The summed E-state index contributed by atoms with van der Waals surface area (Å²) in [6.45, 7) is 31.3. The fraction of sp³-hybridized carbons (Fsp3) is 0.408. The maximum atomic E-state index is 12.0. The molecule has 0 spiro atoms. The largest absolute Gasteiger partial charge is 0.670 e. The van der Waals surface area contributed by atoms with Crippen molar-refractivity contribution >= 4 is 33.3 Å². The second kappa shape index (κ2) is 20.9. The van der Waals surface area contributed by atoms with Crippen molar-refractivity contribution in [3.8, 4) is 28.0 Å². The minimum absolute atomic E-state index is 0.238. The molecule has 6 heteroatoms. The third-order valence-electron chi connectivity index (χ3n) is 9.24. The summed E-state index contributed by atoms with van der Waals surface area (Å²) in [5.41, 5.74) is 13.2. The Morgan fingerprint density at radius 1 is 0.618 bits per heavy atom. The van der Waals surface area contributed by atoms with Gasteiger partial charge in [-0.05, 0) is 75.5 Å². The van der Waals surface area contributed by atoms with Gasteiger partial charge in [-0.3, -0.25) is 0 Å². The number of aromatic nitrogens is 1. The number of hydrogen-bond acceptors (Lipinski definition) is 2. The first-order chi connectivity index (χ1) is 25.7. The van der Waals surface area contributed by atoms with Crippen LogP contribution in [0.5, 0.6) is 5.75 Å². The molecule has 0 unspecified atom stereocenters. The molecule has 0 bridgehead atoms. The van der Waals surface area contributed by atoms with Gasteiger partial charge in [-0.1, -0.05) is 129 Å². The minimum Gasteiger partial charge on any atom is -0.670 e. The van der Waals surface area contributed by atoms with Crippen molar-refractivity contribution in [1.82, 2.24) is 4.98 Å². The van der Waals surface area contributed by atoms with Gasteiger partial charge in [0.2, 0.25) is 0 Å². The van der Waals surface area contributed by atoms with E-state index in [0.29, 0.717) is 45.4 Å². The third kappa shape index (κ3) is 13.0. The average Bonchev–Trinajstić information content (AvgIpc) is 3.69. The fourth-order valence-corrected chi connectivity index (χ4v) is 9.63. The molecule has 0 aliphatic heterocycles. The van der Waals surface area contributed by atoms with Gasteiger partial charge in [0.05, 0.1) is 0 Å². The Morgan fingerprint density at radius 2 is 1.02 bits per heavy atom. The number of para-hydroxylation sites is 1. The van der Waals surface area contributed by atoms with Crippen molar-refractivity contribution in [1.29, 1.82) is 0 Å². The SMILES string of the molecule is CC(C)(C)[CH]=[W]=[N]c1c(Cl)cccc1Cl.Cc1cc(C(C)C)c(-c2cccc(-c3c(C(C)C)cc(C(C)C)cc3C(C)C)c2O)c(C(C)C)c1.c1cc[n-]c1. The quantitative estimate of drug-likeness (QED) is 0.168. The van der Waals surface area contributed by atoms with E-state index in [9.17, 15) is 5.11 Å². The van der Waals surface area contributed by atoms with Crippen molar-refractivity contribution in [2.45, 2.75) is 127 Å². The normalized spacial score (nSPS) is 11.4. The summed E-state index contributed by atoms with van der Waals surface area (Å²) in [7, 11) is 0. The first-order valence-corrected chi connectivity index (χ1v) is 23.3. The van der Waals surface area contributed by atoms with E-state index in [4.69, 9.17) is 23.2 Å². The standard InChI is InChI=1S/C34H46O.C6H3Cl2N.C5H10.C4H4N.W/c1-19(2)25-17-30(22(7)8)33(31(18-25)23(9)10)27-14-12-13-26(34(27)35)32-28(20(3)4)15-24(11)16-29(32)21(5)6;7-4-2-1-3-5(8)6(4)9;1-5(2,3)4;1-2-4-5-3-1;/h12-23,35H,1-11H3;1-3H;1H,2-4H3;1-4H;/q;;;-1;. The first-order valence-electron chi connectivity index (χ1n) is 19.6. The van der Waals surface area contributed by atoms with Gasteiger partial charge >= 0.3 is 109 Å². The Balaban J connectivity index is 0.000000331. The molecule has 3 nitrogen and oxygen atoms in total. The van der Waals surface area contributed by atoms with Gasteiger partial charge in [-0.15, -0.1) is 0 Å². The van der Waals surface area contributed by atoms with E-state index >= 15 is 0 Å². The summed E-state index contributed by atoms with van der Waals surface area (Å²) in [6, 6.07) is 24.9. The van der Waals surface area contributed by atoms with Crippen LogP contribution >= 0.6 is 23.2 Å². The molecule has 5 rings (SSSR count). The van der Waals surface area contributed by atoms with Gasteiger partial charge < -0.3 is 10.1 Å². The van der Waals surface area contributed by atoms with Crippen LogP contribution in [0, 0.1) is 12.3 Å². The summed E-state index contributed by atoms with van der Waals surface area (Å²) in [6.07, 6.45) is 3.50. The van der Waals surface area contributed by atoms with Gasteiger partial charge in [0.1, 0.15) is 5.75 Å². The molecule has 0 saturated carbocycles. The molecule has 1 aromatic heterocycles. The van der Waals surface area contributed by atoms with Crippen molar-refractivity contribution in [3.05, 3.63) is 129 Å². The first kappa shape index (κ1) is 46.3. The Labute approximate surface area is 351 Å². The van der Waals surface area contributed by atoms with E-state index in [-0.39, 0.29) is 5.41 Å². The smallest absolute Gasteiger partial charge is 0.131 e. The maximum absolute atomic E-state index is 12.0. The van der Waals surface area contributed by atoms with Crippen LogP contribution in [-0.2, 0) is 17.9 Å². The average molecular weight is 951 g/mol. The van der Waals surface area contributed by atoms with Gasteiger partial charge in [-0.25, -0.2) is 0 Å². The number of phenolic OH excluding ortho intramolecular Hbond substituents is 1. The monoisotopic (exact) mass is 949 g/mol. The summed E-state index contributed by atoms with van der Waals surface area (Å²) in [5, 5.41) is 13.3. The number of halogens is 2. The number of benzene rings is 4. The number of hydrogen-bond donors (Lipinski definition) is 1. The molecule has 0 radical (unpaired) electrons. The number of nitrogens with zero attached hydrogens (tertiary/aromatic N) is 2. The molecule has 0 amide bonds. The molecule has 1 heterocycles. The van der Waals surface area contributed by atoms with Crippen LogP contribution in [0.4, 0.5) is 5.69 Å². The number of rotatable bonds is 8. The topological polar surface area (TPSA) is 46.7 Å². The zero-order chi connectivity index (χ0) is 41.2. The van der Waals surface area contributed by atoms with Crippen LogP contribution in [0.15, 0.2) is 88.7 Å². The van der Waals surface area contributed by atoms with Gasteiger partial charge in [-0.2, -0.15) is 12.4 Å². The summed E-state index contributed by atoms with van der Waals surface area (Å²) >= 11 is 11.2. The Hall–Kier alpha value is -3.10. The molecule has 5 aromatic rings. The van der Waals surface area contributed by atoms with E-state index in [1.807, 2.05) is 30.3 Å². The van der Waals surface area contributed by atoms with E-state index in [1.165, 1.54) is 44.5 Å². The van der Waals surface area contributed by atoms with Crippen LogP contribution in [0.1, 0.15) is 153 Å². The number of aromatic hydroxyl groups is 1. The second-order valence-corrected chi connectivity index (χ2v) is 20.0. The molecule has 0 fully saturated rings. The van der Waals surface area contributed by atoms with Crippen molar-refractivity contribution in [2.24, 2.45) is 8.91 Å². The summed E-state index contributed by atoms with van der Waals surface area (Å²) < 4.78 is 6.84. The van der Waals surface area contributed by atoms with Crippen LogP contribution in [0.3, 0.4) is 0 Å². The van der Waals surface area contributed by atoms with Crippen molar-refractivity contribution < 1.29 is 23.0 Å². The predicted octanol–water partition coefficient (Wildman–Crippen LogP) is 16.0. The molecule has 1 N–H and O–H groups in total. The second-order valence-electron chi connectivity index (χ2n) is 17.0. The summed E-state index contributed by atoms with van der Waals surface area (Å²) in [4.78, 5) is 3.72. The van der Waals surface area contributed by atoms with Crippen LogP contribution in [0.25, 0.3) is 22.3 Å². The van der Waals surface area contributed by atoms with Crippen molar-refractivity contribution in [2.75, 3.05) is 0 Å². The molecule has 0 aliphatic carbocycles. The molecule has 55 heavy (non-hydrogen) atoms. The molecule has 296 valence electrons. The van der Waals surface area contributed by atoms with E-state index in [1.54, 1.807) is 12.4 Å². The molecular weight excluding hydrogens is 887 g/mol. The number of phenols is 1. The Bertz CT molecular complexity index is 1970. The van der Waals surface area contributed by atoms with E-state index in [2.05, 4.69) is 152 Å². The number of aryl methyl sites for hydroxylation is 1. The van der Waals surface area contributed by atoms with E-state index < -0.39 is 17.9 Å². The molecular formula is C49H63Cl2N2OW-. The predicted molar refractivity (Wildman–Crippen MR) is 238 cm³/mol. The fourth-order valence-electron chi connectivity index (χ4n) is 6.34. The minimum atomic E-state index is -0.850. The molecule has 0 atom stereocenters. The third-order valence-corrected chi connectivity index (χ3v) is 13.8. The van der Waals surface area contributed by atoms with Crippen LogP contribution in [-0.4, -0.2) is 9.51 Å². The van der Waals surface area contributed by atoms with Crippen molar-refractivity contribution in [3.63, 3.8) is 0 Å². The summed E-state index contributed by atoms with van der Waals surface area (Å²) in [5.74, 6) is 2.33. The van der Waals surface area contributed by atoms with Crippen LogP contribution in [0.2, 0.25) is 10.0 Å². The molecule has 0 aliphatic rings. The Morgan fingerprint density at radius 3 is 1.36 bits per heavy atom. The van der Waals surface area contributed by atoms with Gasteiger partial charge in [0, 0.05) is 11.1 Å². The zero-order valence-corrected chi connectivity index (χ0v) is 40.0. The molecule has 0 saturated heterocycles. The maximum Gasteiger partial charge on any atom is 0.131 e. The Kier molecular flexibility index (Phi) is 17.6. The molecule has 4 aromatic carbocycles. The zero-order valence-electron chi connectivity index (χ0n) is 35.6. The van der Waals surface area contributed by atoms with Crippen LogP contribution < -0.4 is 4.98 Å².